The second-order valence-corrected chi connectivity index (χ2v) is 6.37. The number of ether oxygens (including phenoxy) is 1. The second-order valence-electron chi connectivity index (χ2n) is 6.37. The summed E-state index contributed by atoms with van der Waals surface area (Å²) in [4.78, 5) is 14.5. The van der Waals surface area contributed by atoms with Crippen LogP contribution in [0.1, 0.15) is 5.56 Å². The van der Waals surface area contributed by atoms with Crippen LogP contribution in [0.3, 0.4) is 0 Å². The van der Waals surface area contributed by atoms with Gasteiger partial charge in [0.25, 0.3) is 0 Å². The highest BCUT2D eigenvalue weighted by atomic mass is 16.5. The highest BCUT2D eigenvalue weighted by Crippen LogP contribution is 2.23. The fourth-order valence-electron chi connectivity index (χ4n) is 2.87. The summed E-state index contributed by atoms with van der Waals surface area (Å²) in [5.41, 5.74) is 2.52. The third-order valence-electron chi connectivity index (χ3n) is 4.35. The Bertz CT molecular complexity index is 715. The molecule has 1 saturated heterocycles. The van der Waals surface area contributed by atoms with Crippen molar-refractivity contribution in [2.75, 3.05) is 50.0 Å². The van der Waals surface area contributed by atoms with Gasteiger partial charge in [-0.2, -0.15) is 0 Å². The number of rotatable bonds is 6. The summed E-state index contributed by atoms with van der Waals surface area (Å²) in [7, 11) is 0. The largest absolute Gasteiger partial charge is 0.492 e. The Morgan fingerprint density at radius 1 is 1.08 bits per heavy atom. The van der Waals surface area contributed by atoms with E-state index in [1.165, 1.54) is 0 Å². The van der Waals surface area contributed by atoms with Crippen LogP contribution >= 0.6 is 0 Å². The average Bonchev–Trinajstić information content (AvgIpc) is 2.66. The predicted molar refractivity (Wildman–Crippen MR) is 105 cm³/mol. The Morgan fingerprint density at radius 2 is 1.81 bits per heavy atom. The summed E-state index contributed by atoms with van der Waals surface area (Å²) >= 11 is 0. The molecule has 2 aromatic carbocycles. The standard InChI is InChI=1S/C20H26N4O2/c1-16-7-8-18(23-20(25)22-17-5-3-2-4-6-17)15-19(16)26-14-13-24-11-9-21-10-12-24/h2-8,15,21H,9-14H2,1H3,(H2,22,23,25). The number of carbonyl (C=O) groups excluding carboxylic acids is 1. The van der Waals surface area contributed by atoms with Gasteiger partial charge in [0, 0.05) is 50.2 Å². The van der Waals surface area contributed by atoms with E-state index in [1.54, 1.807) is 0 Å². The van der Waals surface area contributed by atoms with Crippen molar-refractivity contribution in [1.82, 2.24) is 10.2 Å². The van der Waals surface area contributed by atoms with E-state index in [4.69, 9.17) is 4.74 Å². The smallest absolute Gasteiger partial charge is 0.323 e. The number of nitrogens with one attached hydrogen (secondary N) is 3. The molecule has 26 heavy (non-hydrogen) atoms. The molecule has 3 N–H and O–H groups in total. The maximum absolute atomic E-state index is 12.1. The fourth-order valence-corrected chi connectivity index (χ4v) is 2.87. The van der Waals surface area contributed by atoms with Crippen molar-refractivity contribution in [1.29, 1.82) is 0 Å². The summed E-state index contributed by atoms with van der Waals surface area (Å²) in [6, 6.07) is 14.8. The van der Waals surface area contributed by atoms with Crippen molar-refractivity contribution in [3.8, 4) is 5.75 Å². The molecule has 3 rings (SSSR count). The van der Waals surface area contributed by atoms with Crippen LogP contribution in [0.15, 0.2) is 48.5 Å². The van der Waals surface area contributed by atoms with Crippen LogP contribution in [-0.4, -0.2) is 50.3 Å². The lowest BCUT2D eigenvalue weighted by molar-refractivity contribution is 0.191. The second kappa shape index (κ2) is 9.22. The number of hydrogen-bond donors (Lipinski definition) is 3. The number of hydrogen-bond acceptors (Lipinski definition) is 4. The van der Waals surface area contributed by atoms with Crippen LogP contribution in [0.2, 0.25) is 0 Å². The number of carbonyl (C=O) groups is 1. The van der Waals surface area contributed by atoms with Gasteiger partial charge in [-0.05, 0) is 30.7 Å². The highest BCUT2D eigenvalue weighted by Gasteiger charge is 2.10. The van der Waals surface area contributed by atoms with Gasteiger partial charge >= 0.3 is 6.03 Å². The monoisotopic (exact) mass is 354 g/mol. The third kappa shape index (κ3) is 5.47. The van der Waals surface area contributed by atoms with Gasteiger partial charge < -0.3 is 20.7 Å². The van der Waals surface area contributed by atoms with Crippen LogP contribution in [0.5, 0.6) is 5.75 Å². The average molecular weight is 354 g/mol. The van der Waals surface area contributed by atoms with Gasteiger partial charge in [-0.3, -0.25) is 4.90 Å². The summed E-state index contributed by atoms with van der Waals surface area (Å²) in [6.07, 6.45) is 0. The molecule has 0 spiro atoms. The minimum Gasteiger partial charge on any atom is -0.492 e. The van der Waals surface area contributed by atoms with E-state index in [9.17, 15) is 4.79 Å². The number of urea groups is 1. The molecule has 2 amide bonds. The molecule has 0 bridgehead atoms. The van der Waals surface area contributed by atoms with Gasteiger partial charge in [-0.1, -0.05) is 24.3 Å². The Kier molecular flexibility index (Phi) is 6.46. The zero-order valence-corrected chi connectivity index (χ0v) is 15.1. The first kappa shape index (κ1) is 18.2. The van der Waals surface area contributed by atoms with E-state index in [1.807, 2.05) is 55.5 Å². The molecular weight excluding hydrogens is 328 g/mol. The number of piperazine rings is 1. The number of para-hydroxylation sites is 1. The Labute approximate surface area is 154 Å². The molecule has 0 saturated carbocycles. The number of nitrogens with zero attached hydrogens (tertiary/aromatic N) is 1. The first-order valence-electron chi connectivity index (χ1n) is 9.00. The molecule has 0 aromatic heterocycles. The molecule has 0 atom stereocenters. The van der Waals surface area contributed by atoms with E-state index in [0.717, 1.165) is 49.7 Å². The minimum absolute atomic E-state index is 0.271. The molecule has 1 heterocycles. The van der Waals surface area contributed by atoms with Crippen molar-refractivity contribution < 1.29 is 9.53 Å². The van der Waals surface area contributed by atoms with E-state index in [0.29, 0.717) is 12.3 Å². The lowest BCUT2D eigenvalue weighted by atomic mass is 10.2. The normalized spacial score (nSPS) is 14.7. The van der Waals surface area contributed by atoms with Gasteiger partial charge in [0.15, 0.2) is 0 Å². The molecule has 2 aromatic rings. The lowest BCUT2D eigenvalue weighted by Gasteiger charge is -2.27. The minimum atomic E-state index is -0.271. The van der Waals surface area contributed by atoms with Crippen molar-refractivity contribution in [3.63, 3.8) is 0 Å². The quantitative estimate of drug-likeness (QED) is 0.746. The lowest BCUT2D eigenvalue weighted by Crippen LogP contribution is -2.44. The Morgan fingerprint density at radius 3 is 2.58 bits per heavy atom. The molecule has 0 radical (unpaired) electrons. The Hall–Kier alpha value is -2.57. The first-order chi connectivity index (χ1) is 12.7. The highest BCUT2D eigenvalue weighted by molar-refractivity contribution is 5.99. The summed E-state index contributed by atoms with van der Waals surface area (Å²) in [5.74, 6) is 0.803. The van der Waals surface area contributed by atoms with Crippen LogP contribution in [-0.2, 0) is 0 Å². The summed E-state index contributed by atoms with van der Waals surface area (Å²) in [6.45, 7) is 7.75. The topological polar surface area (TPSA) is 65.6 Å². The molecule has 1 aliphatic rings. The van der Waals surface area contributed by atoms with Crippen molar-refractivity contribution in [3.05, 3.63) is 54.1 Å². The molecule has 6 nitrogen and oxygen atoms in total. The van der Waals surface area contributed by atoms with E-state index >= 15 is 0 Å². The maximum Gasteiger partial charge on any atom is 0.323 e. The number of benzene rings is 2. The molecule has 0 aliphatic carbocycles. The zero-order valence-electron chi connectivity index (χ0n) is 15.1. The number of anilines is 2. The predicted octanol–water partition coefficient (Wildman–Crippen LogP) is 2.92. The van der Waals surface area contributed by atoms with Crippen LogP contribution in [0.4, 0.5) is 16.2 Å². The number of aryl methyl sites for hydroxylation is 1. The van der Waals surface area contributed by atoms with Crippen LogP contribution < -0.4 is 20.7 Å². The SMILES string of the molecule is Cc1ccc(NC(=O)Nc2ccccc2)cc1OCCN1CCNCC1. The van der Waals surface area contributed by atoms with Gasteiger partial charge in [0.1, 0.15) is 12.4 Å². The summed E-state index contributed by atoms with van der Waals surface area (Å²) in [5, 5.41) is 9.00. The van der Waals surface area contributed by atoms with E-state index < -0.39 is 0 Å². The molecule has 1 fully saturated rings. The molecule has 1 aliphatic heterocycles. The maximum atomic E-state index is 12.1. The first-order valence-corrected chi connectivity index (χ1v) is 9.00. The number of amides is 2. The molecular formula is C20H26N4O2. The van der Waals surface area contributed by atoms with Crippen molar-refractivity contribution >= 4 is 17.4 Å². The van der Waals surface area contributed by atoms with Gasteiger partial charge in [0.2, 0.25) is 0 Å². The van der Waals surface area contributed by atoms with Crippen LogP contribution in [0.25, 0.3) is 0 Å². The Balaban J connectivity index is 1.52. The summed E-state index contributed by atoms with van der Waals surface area (Å²) < 4.78 is 5.95. The van der Waals surface area contributed by atoms with Gasteiger partial charge in [-0.25, -0.2) is 4.79 Å². The molecule has 6 heteroatoms. The molecule has 0 unspecified atom stereocenters. The van der Waals surface area contributed by atoms with E-state index in [-0.39, 0.29) is 6.03 Å². The fraction of sp³-hybridized carbons (Fsp3) is 0.350. The third-order valence-corrected chi connectivity index (χ3v) is 4.35. The van der Waals surface area contributed by atoms with Crippen molar-refractivity contribution in [2.45, 2.75) is 6.92 Å². The van der Waals surface area contributed by atoms with Gasteiger partial charge in [0.05, 0.1) is 0 Å². The molecule has 138 valence electrons. The van der Waals surface area contributed by atoms with E-state index in [2.05, 4.69) is 20.9 Å². The zero-order chi connectivity index (χ0) is 18.2. The van der Waals surface area contributed by atoms with Gasteiger partial charge in [-0.15, -0.1) is 0 Å². The van der Waals surface area contributed by atoms with Crippen LogP contribution in [0, 0.1) is 6.92 Å². The van der Waals surface area contributed by atoms with Crippen molar-refractivity contribution in [2.24, 2.45) is 0 Å².